The number of ether oxygens (including phenoxy) is 2. The first-order valence-electron chi connectivity index (χ1n) is 20.0. The molecule has 3 rings (SSSR count). The predicted octanol–water partition coefficient (Wildman–Crippen LogP) is 8.78. The van der Waals surface area contributed by atoms with Crippen molar-refractivity contribution in [2.24, 2.45) is 11.3 Å². The Bertz CT molecular complexity index is 1850. The van der Waals surface area contributed by atoms with Crippen molar-refractivity contribution < 1.29 is 28.3 Å². The Kier molecular flexibility index (Phi) is 18.5. The summed E-state index contributed by atoms with van der Waals surface area (Å²) in [4.78, 5) is 38.5. The lowest BCUT2D eigenvalue weighted by Gasteiger charge is -2.45. The first-order chi connectivity index (χ1) is 27.4. The molecule has 0 aliphatic carbocycles. The van der Waals surface area contributed by atoms with E-state index in [2.05, 4.69) is 91.8 Å². The van der Waals surface area contributed by atoms with E-state index in [9.17, 15) is 14.4 Å². The molecule has 0 spiro atoms. The Morgan fingerprint density at radius 3 is 2.16 bits per heavy atom. The number of methoxy groups -OCH3 is 1. The average molecular weight is 828 g/mol. The summed E-state index contributed by atoms with van der Waals surface area (Å²) in [5, 5.41) is 8.70. The van der Waals surface area contributed by atoms with Crippen molar-refractivity contribution >= 4 is 48.1 Å². The average Bonchev–Trinajstić information content (AvgIpc) is 3.17. The molecule has 2 aromatic rings. The van der Waals surface area contributed by atoms with Crippen molar-refractivity contribution in [2.45, 2.75) is 118 Å². The summed E-state index contributed by atoms with van der Waals surface area (Å²) < 4.78 is 17.9. The molecule has 0 saturated heterocycles. The van der Waals surface area contributed by atoms with Crippen molar-refractivity contribution in [3.05, 3.63) is 120 Å². The van der Waals surface area contributed by atoms with E-state index in [1.807, 2.05) is 78.0 Å². The molecule has 0 unspecified atom stereocenters. The molecule has 0 aromatic heterocycles. The van der Waals surface area contributed by atoms with Crippen LogP contribution in [-0.2, 0) is 28.3 Å². The van der Waals surface area contributed by atoms with E-state index in [0.29, 0.717) is 30.7 Å². The Morgan fingerprint density at radius 2 is 1.62 bits per heavy atom. The number of carbonyl (C=O) groups is 3. The molecule has 4 atom stereocenters. The van der Waals surface area contributed by atoms with E-state index in [0.717, 1.165) is 5.57 Å². The van der Waals surface area contributed by atoms with Crippen LogP contribution in [0.15, 0.2) is 120 Å². The summed E-state index contributed by atoms with van der Waals surface area (Å²) >= 11 is 6.33. The number of hydrogen-bond acceptors (Lipinski definition) is 6. The molecular weight excluding hydrogens is 764 g/mol. The zero-order chi connectivity index (χ0) is 42.9. The third-order valence-electron chi connectivity index (χ3n) is 9.93. The Balaban J connectivity index is 1.63. The van der Waals surface area contributed by atoms with Gasteiger partial charge in [0.15, 0.2) is 5.76 Å². The molecule has 1 heterocycles. The minimum atomic E-state index is -2.84. The van der Waals surface area contributed by atoms with Gasteiger partial charge in [-0.05, 0) is 65.9 Å². The summed E-state index contributed by atoms with van der Waals surface area (Å²) in [5.74, 6) is 5.24. The van der Waals surface area contributed by atoms with Gasteiger partial charge in [0.25, 0.3) is 8.32 Å². The van der Waals surface area contributed by atoms with Crippen LogP contribution in [0.2, 0.25) is 5.04 Å². The molecule has 2 aromatic carbocycles. The van der Waals surface area contributed by atoms with E-state index in [1.54, 1.807) is 18.4 Å². The fourth-order valence-electron chi connectivity index (χ4n) is 6.88. The summed E-state index contributed by atoms with van der Waals surface area (Å²) in [6, 6.07) is 20.2. The van der Waals surface area contributed by atoms with Crippen LogP contribution in [0.3, 0.4) is 0 Å². The van der Waals surface area contributed by atoms with Crippen molar-refractivity contribution in [1.29, 1.82) is 0 Å². The second kappa shape index (κ2) is 22.5. The smallest absolute Gasteiger partial charge is 0.373 e. The number of benzene rings is 2. The number of rotatable bonds is 17. The van der Waals surface area contributed by atoms with Gasteiger partial charge in [0.1, 0.15) is 12.1 Å². The first-order valence-corrected chi connectivity index (χ1v) is 22.3. The number of allylic oxidation sites excluding steroid dienone is 4. The highest BCUT2D eigenvalue weighted by Gasteiger charge is 2.51. The van der Waals surface area contributed by atoms with Gasteiger partial charge in [-0.25, -0.2) is 4.79 Å². The van der Waals surface area contributed by atoms with Gasteiger partial charge in [0.05, 0.1) is 13.2 Å². The lowest BCUT2D eigenvalue weighted by molar-refractivity contribution is -0.151. The molecule has 2 amide bonds. The number of esters is 1. The largest absolute Gasteiger partial charge is 0.490 e. The summed E-state index contributed by atoms with van der Waals surface area (Å²) in [7, 11) is -1.39. The molecule has 1 aliphatic heterocycles. The fourth-order valence-corrected chi connectivity index (χ4v) is 11.7. The van der Waals surface area contributed by atoms with Crippen LogP contribution >= 0.6 is 11.6 Å². The molecule has 2 N–H and O–H groups in total. The SMILES string of the molecule is COC1=CC[C@@H]([C@@H](C)C=C(C)C=CC#CCCC(=O)N[C@H](C(=O)NC=CC[C@H](CC=C(C)Cl)O[Si](c2ccccc2)(c2ccccc2)C(C)(C)C)C(C)(C)C)OC1=O. The molecule has 0 saturated carbocycles. The van der Waals surface area contributed by atoms with E-state index < -0.39 is 25.7 Å². The zero-order valence-corrected chi connectivity index (χ0v) is 37.7. The van der Waals surface area contributed by atoms with Gasteiger partial charge in [-0.3, -0.25) is 9.59 Å². The molecular formula is C48H63ClN2O6Si. The monoisotopic (exact) mass is 826 g/mol. The van der Waals surface area contributed by atoms with Crippen LogP contribution in [0.1, 0.15) is 94.4 Å². The van der Waals surface area contributed by atoms with Gasteiger partial charge in [-0.2, -0.15) is 0 Å². The normalized spacial score (nSPS) is 17.1. The number of nitrogens with one attached hydrogen (secondary N) is 2. The summed E-state index contributed by atoms with van der Waals surface area (Å²) in [5.41, 5.74) is 0.438. The van der Waals surface area contributed by atoms with Crippen molar-refractivity contribution in [3.8, 4) is 11.8 Å². The van der Waals surface area contributed by atoms with Gasteiger partial charge >= 0.3 is 5.97 Å². The maximum atomic E-state index is 13.5. The minimum absolute atomic E-state index is 0.0113. The van der Waals surface area contributed by atoms with Gasteiger partial charge in [-0.1, -0.05) is 162 Å². The van der Waals surface area contributed by atoms with Crippen molar-refractivity contribution in [2.75, 3.05) is 7.11 Å². The molecule has 1 aliphatic rings. The second-order valence-electron chi connectivity index (χ2n) is 16.8. The van der Waals surface area contributed by atoms with Crippen LogP contribution in [0, 0.1) is 23.2 Å². The molecule has 312 valence electrons. The molecule has 0 bridgehead atoms. The van der Waals surface area contributed by atoms with E-state index in [-0.39, 0.29) is 47.2 Å². The lowest BCUT2D eigenvalue weighted by Crippen LogP contribution is -2.67. The Labute approximate surface area is 353 Å². The summed E-state index contributed by atoms with van der Waals surface area (Å²) in [6.45, 7) is 18.3. The third-order valence-corrected chi connectivity index (χ3v) is 15.2. The Morgan fingerprint density at radius 1 is 1.00 bits per heavy atom. The highest BCUT2D eigenvalue weighted by molar-refractivity contribution is 6.99. The Hall–Kier alpha value is -4.62. The predicted molar refractivity (Wildman–Crippen MR) is 239 cm³/mol. The van der Waals surface area contributed by atoms with Crippen molar-refractivity contribution in [3.63, 3.8) is 0 Å². The van der Waals surface area contributed by atoms with Gasteiger partial charge in [0, 0.05) is 30.2 Å². The van der Waals surface area contributed by atoms with Crippen LogP contribution in [0.25, 0.3) is 0 Å². The first kappa shape index (κ1) is 47.8. The van der Waals surface area contributed by atoms with Crippen LogP contribution in [0.4, 0.5) is 0 Å². The van der Waals surface area contributed by atoms with Crippen LogP contribution < -0.4 is 21.0 Å². The van der Waals surface area contributed by atoms with E-state index in [4.69, 9.17) is 25.5 Å². The van der Waals surface area contributed by atoms with Crippen LogP contribution in [0.5, 0.6) is 0 Å². The van der Waals surface area contributed by atoms with Gasteiger partial charge in [0.2, 0.25) is 11.8 Å². The maximum absolute atomic E-state index is 13.5. The fraction of sp³-hybridized carbons (Fsp3) is 0.438. The lowest BCUT2D eigenvalue weighted by atomic mass is 9.86. The topological polar surface area (TPSA) is 103 Å². The summed E-state index contributed by atoms with van der Waals surface area (Å²) in [6.07, 6.45) is 14.7. The van der Waals surface area contributed by atoms with E-state index in [1.165, 1.54) is 17.5 Å². The quantitative estimate of drug-likeness (QED) is 0.0716. The zero-order valence-electron chi connectivity index (χ0n) is 36.0. The number of carbonyl (C=O) groups excluding carboxylic acids is 3. The standard InChI is InChI=1S/C48H63ClN2O6Si/c1-35(34-36(2)41-31-32-42(55-10)46(54)56-41)22-15-11-12-20-28-43(52)51-44(47(4,5)6)45(53)50-33-21-23-38(30-29-37(3)49)57-58(48(7,8)9,39-24-16-13-17-25-39)40-26-18-14-19-27-40/h13-19,21-22,24-27,29,32-34,36,38,41,44H,20,23,28,30-31H2,1-10H3,(H,50,53)(H,51,52)/t36-,38+,41-,44+/m0/s1. The molecule has 0 fully saturated rings. The van der Waals surface area contributed by atoms with Gasteiger partial charge in [-0.15, -0.1) is 0 Å². The van der Waals surface area contributed by atoms with Crippen molar-refractivity contribution in [1.82, 2.24) is 10.6 Å². The molecule has 8 nitrogen and oxygen atoms in total. The number of hydrogen-bond donors (Lipinski definition) is 2. The number of amides is 2. The highest BCUT2D eigenvalue weighted by Crippen LogP contribution is 2.38. The second-order valence-corrected chi connectivity index (χ2v) is 21.7. The highest BCUT2D eigenvalue weighted by atomic mass is 35.5. The minimum Gasteiger partial charge on any atom is -0.490 e. The van der Waals surface area contributed by atoms with Gasteiger partial charge < -0.3 is 24.5 Å². The maximum Gasteiger partial charge on any atom is 0.373 e. The number of cyclic esters (lactones) is 1. The third kappa shape index (κ3) is 14.3. The van der Waals surface area contributed by atoms with Crippen LogP contribution in [-0.4, -0.2) is 51.5 Å². The van der Waals surface area contributed by atoms with E-state index >= 15 is 0 Å². The molecule has 10 heteroatoms. The molecule has 58 heavy (non-hydrogen) atoms. The number of halogens is 1. The molecule has 0 radical (unpaired) electrons.